The Hall–Kier alpha value is -0.880. The lowest BCUT2D eigenvalue weighted by molar-refractivity contribution is 0.460. The van der Waals surface area contributed by atoms with Crippen molar-refractivity contribution in [1.82, 2.24) is 15.0 Å². The summed E-state index contributed by atoms with van der Waals surface area (Å²) in [6, 6.07) is 0. The molecule has 1 heterocycles. The summed E-state index contributed by atoms with van der Waals surface area (Å²) in [6.07, 6.45) is 0. The Morgan fingerprint density at radius 3 is 1.47 bits per heavy atom. The van der Waals surface area contributed by atoms with E-state index in [1.54, 1.807) is 0 Å². The normalized spacial score (nSPS) is 12.7. The Balaban J connectivity index is 3.57. The van der Waals surface area contributed by atoms with Crippen molar-refractivity contribution in [2.75, 3.05) is 0 Å². The molecule has 1 aromatic heterocycles. The molecule has 0 atom stereocenters. The topological polar surface area (TPSA) is 147 Å². The Morgan fingerprint density at radius 2 is 1.20 bits per heavy atom. The lowest BCUT2D eigenvalue weighted by Gasteiger charge is -1.98. The van der Waals surface area contributed by atoms with E-state index in [-0.39, 0.29) is 0 Å². The van der Waals surface area contributed by atoms with Gasteiger partial charge in [-0.1, -0.05) is 0 Å². The molecule has 2 N–H and O–H groups in total. The molecule has 0 radical (unpaired) electrons. The van der Waals surface area contributed by atoms with Crippen molar-refractivity contribution in [3.63, 3.8) is 0 Å². The smallest absolute Gasteiger partial charge is 0.279 e. The quantitative estimate of drug-likeness (QED) is 0.649. The van der Waals surface area contributed by atoms with Crippen molar-refractivity contribution in [3.05, 3.63) is 5.28 Å². The van der Waals surface area contributed by atoms with Crippen LogP contribution in [0.3, 0.4) is 0 Å². The Bertz CT molecular complexity index is 544. The highest BCUT2D eigenvalue weighted by atomic mass is 35.5. The molecule has 84 valence electrons. The summed E-state index contributed by atoms with van der Waals surface area (Å²) in [6.45, 7) is 0. The van der Waals surface area contributed by atoms with Gasteiger partial charge >= 0.3 is 20.2 Å². The van der Waals surface area contributed by atoms with E-state index < -0.39 is 35.8 Å². The number of rotatable bonds is 2. The largest absolute Gasteiger partial charge is 0.330 e. The molecule has 0 aromatic carbocycles. The molecule has 15 heavy (non-hydrogen) atoms. The molecule has 0 aliphatic heterocycles. The molecule has 0 unspecified atom stereocenters. The maximum atomic E-state index is 10.5. The Kier molecular flexibility index (Phi) is 2.93. The van der Waals surface area contributed by atoms with Crippen LogP contribution >= 0.6 is 11.6 Å². The van der Waals surface area contributed by atoms with E-state index in [1.165, 1.54) is 0 Å². The van der Waals surface area contributed by atoms with Crippen molar-refractivity contribution in [2.24, 2.45) is 0 Å². The first-order valence-electron chi connectivity index (χ1n) is 2.97. The summed E-state index contributed by atoms with van der Waals surface area (Å²) < 4.78 is 59.1. The Labute approximate surface area is 88.7 Å². The molecule has 12 heteroatoms. The van der Waals surface area contributed by atoms with Gasteiger partial charge in [0.1, 0.15) is 0 Å². The summed E-state index contributed by atoms with van der Waals surface area (Å²) in [5.41, 5.74) is 0. The summed E-state index contributed by atoms with van der Waals surface area (Å²) in [5, 5.41) is -3.34. The molecule has 0 bridgehead atoms. The van der Waals surface area contributed by atoms with Crippen molar-refractivity contribution in [2.45, 2.75) is 10.3 Å². The first-order chi connectivity index (χ1) is 6.60. The van der Waals surface area contributed by atoms with E-state index in [4.69, 9.17) is 20.7 Å². The first kappa shape index (κ1) is 12.2. The molecule has 0 aliphatic rings. The van der Waals surface area contributed by atoms with Crippen LogP contribution < -0.4 is 0 Å². The van der Waals surface area contributed by atoms with Gasteiger partial charge in [0.25, 0.3) is 10.3 Å². The van der Waals surface area contributed by atoms with Gasteiger partial charge in [-0.2, -0.15) is 31.8 Å². The molecule has 0 aliphatic carbocycles. The van der Waals surface area contributed by atoms with Gasteiger partial charge in [-0.05, 0) is 11.6 Å². The summed E-state index contributed by atoms with van der Waals surface area (Å²) in [5.74, 6) is 0. The molecule has 0 saturated heterocycles. The summed E-state index contributed by atoms with van der Waals surface area (Å²) >= 11 is 5.15. The van der Waals surface area contributed by atoms with Crippen LogP contribution in [0.25, 0.3) is 0 Å². The monoisotopic (exact) mass is 275 g/mol. The zero-order valence-electron chi connectivity index (χ0n) is 6.56. The third-order valence-electron chi connectivity index (χ3n) is 1.03. The maximum absolute atomic E-state index is 10.5. The molecule has 0 amide bonds. The van der Waals surface area contributed by atoms with Crippen LogP contribution in [-0.2, 0) is 20.2 Å². The summed E-state index contributed by atoms with van der Waals surface area (Å²) in [7, 11) is -9.66. The highest BCUT2D eigenvalue weighted by Gasteiger charge is 2.22. The molecular weight excluding hydrogens is 274 g/mol. The lowest BCUT2D eigenvalue weighted by atomic mass is 11.1. The minimum absolute atomic E-state index is 0.801. The number of aromatic nitrogens is 3. The van der Waals surface area contributed by atoms with E-state index >= 15 is 0 Å². The number of halogens is 1. The zero-order chi connectivity index (χ0) is 11.9. The molecule has 0 fully saturated rings. The number of hydrogen-bond donors (Lipinski definition) is 2. The molecule has 0 spiro atoms. The third kappa shape index (κ3) is 3.04. The van der Waals surface area contributed by atoms with Gasteiger partial charge in [-0.15, -0.1) is 0 Å². The fraction of sp³-hybridized carbons (Fsp3) is 0. The van der Waals surface area contributed by atoms with Crippen LogP contribution in [-0.4, -0.2) is 40.9 Å². The van der Waals surface area contributed by atoms with Crippen LogP contribution in [0.4, 0.5) is 0 Å². The van der Waals surface area contributed by atoms with E-state index in [1.807, 2.05) is 0 Å². The van der Waals surface area contributed by atoms with Gasteiger partial charge in [0, 0.05) is 0 Å². The van der Waals surface area contributed by atoms with Gasteiger partial charge in [-0.25, -0.2) is 0 Å². The van der Waals surface area contributed by atoms with Gasteiger partial charge in [0.2, 0.25) is 5.28 Å². The van der Waals surface area contributed by atoms with Crippen molar-refractivity contribution >= 4 is 31.8 Å². The number of hydrogen-bond acceptors (Lipinski definition) is 7. The summed E-state index contributed by atoms with van der Waals surface area (Å²) in [4.78, 5) is 8.69. The van der Waals surface area contributed by atoms with Crippen molar-refractivity contribution in [1.29, 1.82) is 0 Å². The van der Waals surface area contributed by atoms with E-state index in [9.17, 15) is 16.8 Å². The molecule has 1 aromatic rings. The van der Waals surface area contributed by atoms with E-state index in [0.29, 0.717) is 0 Å². The van der Waals surface area contributed by atoms with Crippen LogP contribution in [0.2, 0.25) is 5.28 Å². The highest BCUT2D eigenvalue weighted by molar-refractivity contribution is 7.86. The fourth-order valence-corrected chi connectivity index (χ4v) is 1.67. The Morgan fingerprint density at radius 1 is 0.867 bits per heavy atom. The fourth-order valence-electron chi connectivity index (χ4n) is 0.545. The SMILES string of the molecule is O=S(=O)(O)c1nc(Cl)nc(S(=O)(=O)O)n1. The average molecular weight is 276 g/mol. The van der Waals surface area contributed by atoms with Crippen molar-refractivity contribution in [3.8, 4) is 0 Å². The molecule has 1 rings (SSSR count). The second-order valence-corrected chi connectivity index (χ2v) is 5.09. The third-order valence-corrected chi connectivity index (χ3v) is 2.49. The predicted molar refractivity (Wildman–Crippen MR) is 44.5 cm³/mol. The van der Waals surface area contributed by atoms with Crippen molar-refractivity contribution < 1.29 is 25.9 Å². The van der Waals surface area contributed by atoms with Gasteiger partial charge in [-0.3, -0.25) is 9.11 Å². The second kappa shape index (κ2) is 3.61. The highest BCUT2D eigenvalue weighted by Crippen LogP contribution is 2.09. The average Bonchev–Trinajstić information content (AvgIpc) is 1.99. The minimum Gasteiger partial charge on any atom is -0.279 e. The van der Waals surface area contributed by atoms with Crippen LogP contribution in [0, 0.1) is 0 Å². The standard InChI is InChI=1S/C3H2ClN3O6S2/c4-1-5-2(14(8,9)10)7-3(6-1)15(11,12)13/h(H,8,9,10)(H,11,12,13). The number of nitrogens with zero attached hydrogens (tertiary/aromatic N) is 3. The van der Waals surface area contributed by atoms with Gasteiger partial charge in [0.05, 0.1) is 0 Å². The lowest BCUT2D eigenvalue weighted by Crippen LogP contribution is -2.12. The van der Waals surface area contributed by atoms with Crippen LogP contribution in [0.15, 0.2) is 10.3 Å². The van der Waals surface area contributed by atoms with Crippen LogP contribution in [0.5, 0.6) is 0 Å². The molecule has 9 nitrogen and oxygen atoms in total. The first-order valence-corrected chi connectivity index (χ1v) is 6.23. The van der Waals surface area contributed by atoms with Crippen LogP contribution in [0.1, 0.15) is 0 Å². The molecule has 0 saturated carbocycles. The van der Waals surface area contributed by atoms with E-state index in [0.717, 1.165) is 0 Å². The van der Waals surface area contributed by atoms with Gasteiger partial charge < -0.3 is 0 Å². The minimum atomic E-state index is -4.83. The predicted octanol–water partition coefficient (Wildman–Crippen LogP) is -0.982. The molecular formula is C3H2ClN3O6S2. The van der Waals surface area contributed by atoms with Gasteiger partial charge in [0.15, 0.2) is 0 Å². The zero-order valence-corrected chi connectivity index (χ0v) is 8.95. The second-order valence-electron chi connectivity index (χ2n) is 2.12. The van der Waals surface area contributed by atoms with E-state index in [2.05, 4.69) is 15.0 Å². The maximum Gasteiger partial charge on any atom is 0.330 e.